The Labute approximate surface area is 235 Å². The average Bonchev–Trinajstić information content (AvgIpc) is 2.53. The smallest absolute Gasteiger partial charge is 0.182 e. The van der Waals surface area contributed by atoms with Gasteiger partial charge in [0.25, 0.3) is 0 Å². The molecular weight excluding hydrogens is 606 g/mol. The minimum absolute atomic E-state index is 0. The first-order chi connectivity index (χ1) is 15.1. The van der Waals surface area contributed by atoms with Gasteiger partial charge in [-0.1, -0.05) is 29.7 Å². The molecule has 0 spiro atoms. The Hall–Kier alpha value is -0.0500. The van der Waals surface area contributed by atoms with Crippen molar-refractivity contribution in [2.24, 2.45) is 0 Å². The third-order valence-electron chi connectivity index (χ3n) is 2.30. The molecule has 0 aliphatic carbocycles. The van der Waals surface area contributed by atoms with E-state index in [0.717, 1.165) is 0 Å². The molecule has 0 radical (unpaired) electrons. The van der Waals surface area contributed by atoms with E-state index in [1.165, 1.54) is 0 Å². The van der Waals surface area contributed by atoms with E-state index in [2.05, 4.69) is 51.7 Å². The Balaban J connectivity index is -0.0000000546. The quantitative estimate of drug-likeness (QED) is 0.0854. The number of hydrogen-bond acceptors (Lipinski definition) is 9. The van der Waals surface area contributed by atoms with Crippen molar-refractivity contribution in [2.45, 2.75) is 35.7 Å². The number of nitrogens with zero attached hydrogens (tertiary/aromatic N) is 1. The van der Waals surface area contributed by atoms with Gasteiger partial charge in [-0.15, -0.1) is 0 Å². The van der Waals surface area contributed by atoms with Crippen molar-refractivity contribution in [1.29, 1.82) is 0 Å². The van der Waals surface area contributed by atoms with Crippen LogP contribution < -0.4 is 16.6 Å². The molecule has 0 saturated heterocycles. The number of hydrogen-bond donors (Lipinski definition) is 7. The van der Waals surface area contributed by atoms with E-state index in [1.807, 2.05) is 21.1 Å². The summed E-state index contributed by atoms with van der Waals surface area (Å²) in [6, 6.07) is -1.16. The van der Waals surface area contributed by atoms with Crippen LogP contribution in [-0.4, -0.2) is 95.0 Å². The van der Waals surface area contributed by atoms with Gasteiger partial charge in [0, 0.05) is 0 Å². The fourth-order valence-electron chi connectivity index (χ4n) is 0.939. The summed E-state index contributed by atoms with van der Waals surface area (Å²) in [5, 5.41) is 9.97. The molecule has 0 bridgehead atoms. The third-order valence-corrected chi connectivity index (χ3v) is 4.03. The predicted octanol–water partition coefficient (Wildman–Crippen LogP) is -0.251. The largest absolute Gasteiger partial charge is 0.544 e. The molecule has 248 valence electrons. The van der Waals surface area contributed by atoms with Crippen molar-refractivity contribution in [3.63, 3.8) is 0 Å². The highest BCUT2D eigenvalue weighted by molar-refractivity contribution is 7.54. The van der Waals surface area contributed by atoms with Gasteiger partial charge in [-0.2, -0.15) is 0 Å². The molecule has 17 nitrogen and oxygen atoms in total. The normalized spacial score (nSPS) is 15.5. The highest BCUT2D eigenvalue weighted by Crippen LogP contribution is 2.39. The Morgan fingerprint density at radius 1 is 0.795 bits per heavy atom. The zero-order valence-corrected chi connectivity index (χ0v) is 23.6. The van der Waals surface area contributed by atoms with E-state index in [-0.39, 0.29) is 42.9 Å². The zero-order chi connectivity index (χ0) is 29.3. The van der Waals surface area contributed by atoms with Crippen LogP contribution in [0.2, 0.25) is 0 Å². The summed E-state index contributed by atoms with van der Waals surface area (Å²) in [6.07, 6.45) is 0. The van der Waals surface area contributed by atoms with Gasteiger partial charge in [0.15, 0.2) is 30.4 Å². The second kappa shape index (κ2) is 26.8. The van der Waals surface area contributed by atoms with Gasteiger partial charge in [0.05, 0.1) is 27.7 Å². The van der Waals surface area contributed by atoms with Crippen molar-refractivity contribution < 1.29 is 82.1 Å². The van der Waals surface area contributed by atoms with Crippen LogP contribution in [0.5, 0.6) is 0 Å². The first kappa shape index (κ1) is 58.6. The molecule has 4 atom stereocenters. The monoisotopic (exact) mass is 661 g/mol. The van der Waals surface area contributed by atoms with E-state index < -0.39 is 49.0 Å². The predicted molar refractivity (Wildman–Crippen MR) is 150 cm³/mol. The van der Waals surface area contributed by atoms with Gasteiger partial charge in [-0.05, 0) is 0 Å². The van der Waals surface area contributed by atoms with Gasteiger partial charge in [-0.25, -0.2) is 26.7 Å². The summed E-state index contributed by atoms with van der Waals surface area (Å²) in [5.74, 6) is -1.43. The molecule has 0 aromatic carbocycles. The van der Waals surface area contributed by atoms with Crippen molar-refractivity contribution in [2.75, 3.05) is 54.1 Å². The van der Waals surface area contributed by atoms with Crippen LogP contribution in [0.15, 0.2) is 0 Å². The van der Waals surface area contributed by atoms with E-state index in [4.69, 9.17) is 24.5 Å². The lowest BCUT2D eigenvalue weighted by molar-refractivity contribution is -0.870. The Bertz CT molecular complexity index is 748. The van der Waals surface area contributed by atoms with Gasteiger partial charge >= 0.3 is 0 Å². The van der Waals surface area contributed by atoms with Crippen molar-refractivity contribution in [1.82, 2.24) is 0 Å². The third kappa shape index (κ3) is 93.1. The molecule has 21 heteroatoms. The number of carboxylic acid groups (broad SMARTS) is 1. The molecule has 0 fully saturated rings. The number of carboxylic acids is 1. The minimum Gasteiger partial charge on any atom is -0.544 e. The van der Waals surface area contributed by atoms with E-state index in [0.29, 0.717) is 17.6 Å². The number of carbonyl (C=O) groups excluding carboxylic acids is 1. The summed E-state index contributed by atoms with van der Waals surface area (Å²) >= 11 is 0. The maximum Gasteiger partial charge on any atom is 0.182 e. The topological polar surface area (TPSA) is 293 Å². The van der Waals surface area contributed by atoms with Crippen LogP contribution in [0.4, 0.5) is 0 Å². The van der Waals surface area contributed by atoms with Gasteiger partial charge in [-0.3, -0.25) is 18.3 Å². The molecule has 4 unspecified atom stereocenters. The van der Waals surface area contributed by atoms with E-state index in [9.17, 15) is 28.2 Å². The summed E-state index contributed by atoms with van der Waals surface area (Å²) in [7, 11) is -8.77. The Morgan fingerprint density at radius 3 is 1.26 bits per heavy atom. The summed E-state index contributed by atoms with van der Waals surface area (Å²) in [6.45, 7) is 12.2. The van der Waals surface area contributed by atoms with Gasteiger partial charge < -0.3 is 63.9 Å². The molecule has 0 aromatic heterocycles. The fourth-order valence-corrected chi connectivity index (χ4v) is 2.13. The van der Waals surface area contributed by atoms with Crippen LogP contribution in [0.25, 0.3) is 0 Å². The standard InChI is InChI=1S/C6H16NO3P.C4H9NO5P.C3H9NO3P.CH4O3P.4CH4/c1-7(2,3)5-6-10-11(4,8)9;1-11(8,9)10-2-3(5)4(6)7;1-8(5,6)7-3-2-4;1-5(2,3)4;;;;/h4-6H2,1-3H3,(H,8,9);3H,1-2,5H2,(H,6,7)(H,8,9);1-4H2,(H,5,6);1H2,(H2,2,3,4);4*1H4/q;3*-1;;;;/p+1. The number of rotatable bonds is 11. The van der Waals surface area contributed by atoms with Crippen molar-refractivity contribution >= 4 is 36.4 Å². The molecule has 0 aliphatic heterocycles. The number of likely N-dealkylation sites (N-methyl/N-ethyl adjacent to an activating group) is 1. The zero-order valence-electron chi connectivity index (χ0n) is 20.0. The number of carbonyl (C=O) groups is 1. The Morgan fingerprint density at radius 2 is 1.08 bits per heavy atom. The maximum absolute atomic E-state index is 10.5. The summed E-state index contributed by atoms with van der Waals surface area (Å²) < 4.78 is 54.0. The molecule has 0 rings (SSSR count). The lowest BCUT2D eigenvalue weighted by Gasteiger charge is -2.24. The molecule has 0 aromatic rings. The van der Waals surface area contributed by atoms with E-state index >= 15 is 0 Å². The molecular formula is C18H55N3O14P4-2. The summed E-state index contributed by atoms with van der Waals surface area (Å²) in [4.78, 5) is 50.4. The molecule has 39 heavy (non-hydrogen) atoms. The van der Waals surface area contributed by atoms with E-state index in [1.54, 1.807) is 0 Å². The SMILES string of the molecule is C.C.C.C.[CH2-]P(=O)(O)O.[CH2-]P(=O)(O)OCC([NH3+])C(=O)[O-].[CH2-]P(=O)(O)OCC[N+](C)(C)C.[CH2-]P(=O)(O)OCC[NH3+]. The molecule has 0 heterocycles. The van der Waals surface area contributed by atoms with Crippen LogP contribution in [0.1, 0.15) is 29.7 Å². The van der Waals surface area contributed by atoms with Crippen LogP contribution in [0, 0.1) is 26.7 Å². The highest BCUT2D eigenvalue weighted by atomic mass is 31.2. The second-order valence-corrected chi connectivity index (χ2v) is 13.4. The number of aliphatic carboxylic acids is 1. The van der Waals surface area contributed by atoms with Crippen molar-refractivity contribution in [3.8, 4) is 0 Å². The summed E-state index contributed by atoms with van der Waals surface area (Å²) in [5.41, 5.74) is 6.50. The Kier molecular flexibility index (Phi) is 40.3. The first-order valence-electron chi connectivity index (χ1n) is 9.08. The minimum atomic E-state index is -3.89. The lowest BCUT2D eigenvalue weighted by atomic mass is 10.3. The molecule has 0 amide bonds. The van der Waals surface area contributed by atoms with Crippen LogP contribution in [0.3, 0.4) is 0 Å². The van der Waals surface area contributed by atoms with Crippen molar-refractivity contribution in [3.05, 3.63) is 26.7 Å². The van der Waals surface area contributed by atoms with Gasteiger partial charge in [0.1, 0.15) is 38.4 Å². The highest BCUT2D eigenvalue weighted by Gasteiger charge is 2.11. The average molecular weight is 662 g/mol. The van der Waals surface area contributed by atoms with Crippen LogP contribution in [-0.2, 0) is 36.6 Å². The van der Waals surface area contributed by atoms with Gasteiger partial charge in [0.2, 0.25) is 0 Å². The number of quaternary nitrogens is 3. The second-order valence-electron chi connectivity index (χ2n) is 7.42. The fraction of sp³-hybridized carbons (Fsp3) is 0.722. The molecule has 0 aliphatic rings. The van der Waals surface area contributed by atoms with Crippen LogP contribution >= 0.6 is 30.4 Å². The first-order valence-corrected chi connectivity index (χ1v) is 16.2. The molecule has 0 saturated carbocycles. The lowest BCUT2D eigenvalue weighted by Crippen LogP contribution is -2.70. The molecule has 11 N–H and O–H groups in total. The maximum atomic E-state index is 10.5.